The highest BCUT2D eigenvalue weighted by Gasteiger charge is 2.24. The Morgan fingerprint density at radius 2 is 2.21 bits per heavy atom. The number of ether oxygens (including phenoxy) is 1. The molecule has 1 aromatic rings. The topological polar surface area (TPSA) is 62.7 Å². The largest absolute Gasteiger partial charge is 0.477 e. The summed E-state index contributed by atoms with van der Waals surface area (Å²) in [6.07, 6.45) is 2.83. The number of aryl methyl sites for hydroxylation is 1. The van der Waals surface area contributed by atoms with Crippen LogP contribution in [0.4, 0.5) is 5.13 Å². The van der Waals surface area contributed by atoms with Crippen molar-refractivity contribution in [3.63, 3.8) is 0 Å². The Bertz CT molecular complexity index is 439. The Labute approximate surface area is 117 Å². The molecule has 2 heterocycles. The van der Waals surface area contributed by atoms with E-state index in [1.165, 1.54) is 11.3 Å². The third-order valence-electron chi connectivity index (χ3n) is 3.50. The maximum atomic E-state index is 11.1. The number of aromatic carboxylic acids is 1. The van der Waals surface area contributed by atoms with Crippen LogP contribution in [0.2, 0.25) is 0 Å². The normalized spacial score (nSPS) is 16.8. The number of carbonyl (C=O) groups is 1. The number of rotatable bonds is 5. The van der Waals surface area contributed by atoms with Crippen molar-refractivity contribution in [1.29, 1.82) is 0 Å². The summed E-state index contributed by atoms with van der Waals surface area (Å²) in [6, 6.07) is 0. The second kappa shape index (κ2) is 6.34. The molecule has 0 aromatic carbocycles. The molecule has 0 unspecified atom stereocenters. The van der Waals surface area contributed by atoms with Gasteiger partial charge in [-0.25, -0.2) is 9.78 Å². The molecule has 1 aromatic heterocycles. The molecule has 0 spiro atoms. The van der Waals surface area contributed by atoms with Gasteiger partial charge in [0, 0.05) is 26.8 Å². The van der Waals surface area contributed by atoms with Crippen LogP contribution in [-0.4, -0.2) is 42.9 Å². The van der Waals surface area contributed by atoms with E-state index in [1.54, 1.807) is 7.11 Å². The summed E-state index contributed by atoms with van der Waals surface area (Å²) in [5, 5.41) is 10.0. The van der Waals surface area contributed by atoms with E-state index in [1.807, 2.05) is 6.92 Å². The second-order valence-corrected chi connectivity index (χ2v) is 5.79. The van der Waals surface area contributed by atoms with Crippen molar-refractivity contribution >= 4 is 22.4 Å². The van der Waals surface area contributed by atoms with Gasteiger partial charge in [-0.05, 0) is 25.2 Å². The summed E-state index contributed by atoms with van der Waals surface area (Å²) in [6.45, 7) is 4.62. The fourth-order valence-electron chi connectivity index (χ4n) is 2.41. The molecule has 0 atom stereocenters. The van der Waals surface area contributed by atoms with E-state index in [4.69, 9.17) is 9.84 Å². The first kappa shape index (κ1) is 14.3. The number of anilines is 1. The highest BCUT2D eigenvalue weighted by atomic mass is 32.1. The minimum atomic E-state index is -0.866. The summed E-state index contributed by atoms with van der Waals surface area (Å²) in [5.74, 6) is -0.249. The third kappa shape index (κ3) is 3.25. The molecule has 106 valence electrons. The molecule has 6 heteroatoms. The number of hydrogen-bond donors (Lipinski definition) is 1. The van der Waals surface area contributed by atoms with Gasteiger partial charge in [0.15, 0.2) is 5.13 Å². The van der Waals surface area contributed by atoms with Gasteiger partial charge in [0.2, 0.25) is 0 Å². The number of piperidine rings is 1. The van der Waals surface area contributed by atoms with Crippen LogP contribution in [0.15, 0.2) is 0 Å². The van der Waals surface area contributed by atoms with Crippen LogP contribution in [0.5, 0.6) is 0 Å². The number of carboxylic acids is 1. The first-order valence-corrected chi connectivity index (χ1v) is 7.44. The van der Waals surface area contributed by atoms with Gasteiger partial charge in [0.25, 0.3) is 0 Å². The van der Waals surface area contributed by atoms with Crippen molar-refractivity contribution in [2.75, 3.05) is 31.7 Å². The van der Waals surface area contributed by atoms with Crippen molar-refractivity contribution in [3.8, 4) is 0 Å². The molecule has 0 radical (unpaired) electrons. The Morgan fingerprint density at radius 1 is 1.53 bits per heavy atom. The van der Waals surface area contributed by atoms with Gasteiger partial charge < -0.3 is 14.7 Å². The molecule has 0 aliphatic carbocycles. The SMILES string of the molecule is CCc1nc(N2CCC(COC)CC2)sc1C(=O)O. The fraction of sp³-hybridized carbons (Fsp3) is 0.692. The molecular weight excluding hydrogens is 264 g/mol. The van der Waals surface area contributed by atoms with E-state index in [0.717, 1.165) is 37.7 Å². The summed E-state index contributed by atoms with van der Waals surface area (Å²) in [5.41, 5.74) is 0.700. The van der Waals surface area contributed by atoms with E-state index < -0.39 is 5.97 Å². The molecule has 1 N–H and O–H groups in total. The first-order chi connectivity index (χ1) is 9.15. The molecular formula is C13H20N2O3S. The van der Waals surface area contributed by atoms with Crippen LogP contribution < -0.4 is 4.90 Å². The standard InChI is InChI=1S/C13H20N2O3S/c1-3-10-11(12(16)17)19-13(14-10)15-6-4-9(5-7-15)8-18-2/h9H,3-8H2,1-2H3,(H,16,17). The molecule has 0 bridgehead atoms. The molecule has 19 heavy (non-hydrogen) atoms. The van der Waals surface area contributed by atoms with Crippen LogP contribution in [0.3, 0.4) is 0 Å². The van der Waals surface area contributed by atoms with E-state index in [-0.39, 0.29) is 0 Å². The lowest BCUT2D eigenvalue weighted by atomic mass is 9.98. The average Bonchev–Trinajstić information content (AvgIpc) is 2.84. The summed E-state index contributed by atoms with van der Waals surface area (Å²) in [4.78, 5) is 18.2. The van der Waals surface area contributed by atoms with Crippen LogP contribution in [0.1, 0.15) is 35.1 Å². The van der Waals surface area contributed by atoms with Gasteiger partial charge in [-0.3, -0.25) is 0 Å². The molecule has 0 saturated carbocycles. The lowest BCUT2D eigenvalue weighted by Crippen LogP contribution is -2.34. The van der Waals surface area contributed by atoms with Gasteiger partial charge in [-0.2, -0.15) is 0 Å². The maximum absolute atomic E-state index is 11.1. The highest BCUT2D eigenvalue weighted by molar-refractivity contribution is 7.17. The number of nitrogens with zero attached hydrogens (tertiary/aromatic N) is 2. The Hall–Kier alpha value is -1.14. The van der Waals surface area contributed by atoms with Gasteiger partial charge in [-0.1, -0.05) is 18.3 Å². The number of methoxy groups -OCH3 is 1. The summed E-state index contributed by atoms with van der Waals surface area (Å²) < 4.78 is 5.19. The predicted octanol–water partition coefficient (Wildman–Crippen LogP) is 2.27. The average molecular weight is 284 g/mol. The smallest absolute Gasteiger partial charge is 0.347 e. The van der Waals surface area contributed by atoms with Crippen LogP contribution >= 0.6 is 11.3 Å². The van der Waals surface area contributed by atoms with Crippen LogP contribution in [0, 0.1) is 5.92 Å². The van der Waals surface area contributed by atoms with Crippen molar-refractivity contribution in [1.82, 2.24) is 4.98 Å². The molecule has 0 amide bonds. The van der Waals surface area contributed by atoms with E-state index in [0.29, 0.717) is 22.9 Å². The Morgan fingerprint density at radius 3 is 2.68 bits per heavy atom. The number of hydrogen-bond acceptors (Lipinski definition) is 5. The predicted molar refractivity (Wildman–Crippen MR) is 75.3 cm³/mol. The first-order valence-electron chi connectivity index (χ1n) is 6.62. The maximum Gasteiger partial charge on any atom is 0.347 e. The van der Waals surface area contributed by atoms with Crippen molar-refractivity contribution in [3.05, 3.63) is 10.6 Å². The highest BCUT2D eigenvalue weighted by Crippen LogP contribution is 2.30. The molecule has 1 saturated heterocycles. The van der Waals surface area contributed by atoms with Crippen LogP contribution in [-0.2, 0) is 11.2 Å². The van der Waals surface area contributed by atoms with E-state index in [9.17, 15) is 4.79 Å². The van der Waals surface area contributed by atoms with Gasteiger partial charge in [0.1, 0.15) is 4.88 Å². The third-order valence-corrected chi connectivity index (χ3v) is 4.65. The molecule has 1 fully saturated rings. The van der Waals surface area contributed by atoms with E-state index >= 15 is 0 Å². The fourth-order valence-corrected chi connectivity index (χ4v) is 3.45. The zero-order chi connectivity index (χ0) is 13.8. The number of thiazole rings is 1. The lowest BCUT2D eigenvalue weighted by molar-refractivity contribution is 0.0701. The molecule has 1 aliphatic rings. The minimum Gasteiger partial charge on any atom is -0.477 e. The lowest BCUT2D eigenvalue weighted by Gasteiger charge is -2.31. The number of carboxylic acid groups (broad SMARTS) is 1. The molecule has 5 nitrogen and oxygen atoms in total. The Balaban J connectivity index is 2.05. The Kier molecular flexibility index (Phi) is 4.76. The molecule has 2 rings (SSSR count). The van der Waals surface area contributed by atoms with Gasteiger partial charge in [-0.15, -0.1) is 0 Å². The monoisotopic (exact) mass is 284 g/mol. The van der Waals surface area contributed by atoms with Crippen molar-refractivity contribution < 1.29 is 14.6 Å². The van der Waals surface area contributed by atoms with Crippen molar-refractivity contribution in [2.24, 2.45) is 5.92 Å². The summed E-state index contributed by atoms with van der Waals surface area (Å²) in [7, 11) is 1.74. The zero-order valence-corrected chi connectivity index (χ0v) is 12.2. The van der Waals surface area contributed by atoms with E-state index in [2.05, 4.69) is 9.88 Å². The van der Waals surface area contributed by atoms with Gasteiger partial charge in [0.05, 0.1) is 5.69 Å². The molecule has 1 aliphatic heterocycles. The van der Waals surface area contributed by atoms with Crippen molar-refractivity contribution in [2.45, 2.75) is 26.2 Å². The quantitative estimate of drug-likeness (QED) is 0.898. The minimum absolute atomic E-state index is 0.386. The van der Waals surface area contributed by atoms with Gasteiger partial charge >= 0.3 is 5.97 Å². The number of aromatic nitrogens is 1. The second-order valence-electron chi connectivity index (χ2n) is 4.82. The summed E-state index contributed by atoms with van der Waals surface area (Å²) >= 11 is 1.30. The van der Waals surface area contributed by atoms with Crippen LogP contribution in [0.25, 0.3) is 0 Å². The zero-order valence-electron chi connectivity index (χ0n) is 11.4.